The van der Waals surface area contributed by atoms with Crippen molar-refractivity contribution >= 4 is 5.91 Å². The fourth-order valence-electron chi connectivity index (χ4n) is 3.20. The Morgan fingerprint density at radius 2 is 2.19 bits per heavy atom. The number of pyridine rings is 1. The van der Waals surface area contributed by atoms with Gasteiger partial charge >= 0.3 is 0 Å². The van der Waals surface area contributed by atoms with E-state index < -0.39 is 0 Å². The predicted octanol–water partition coefficient (Wildman–Crippen LogP) is 0.498. The summed E-state index contributed by atoms with van der Waals surface area (Å²) in [5.74, 6) is 0.129. The molecular formula is C15H21N3O3. The molecule has 1 amide bonds. The molecule has 1 N–H and O–H groups in total. The van der Waals surface area contributed by atoms with E-state index in [4.69, 9.17) is 4.74 Å². The van der Waals surface area contributed by atoms with Crippen molar-refractivity contribution < 1.29 is 14.6 Å². The molecule has 0 aliphatic carbocycles. The molecule has 1 aromatic rings. The monoisotopic (exact) mass is 291 g/mol. The standard InChI is InChI=1S/C15H21N3O3/c1-10-3-13(14(19)4-16-10)15(20)18-6-11-5-17(2)7-12(18)9-21-8-11/h3-4,11-12,19H,5-9H2,1-2H3/t11-,12-/m0/s1. The van der Waals surface area contributed by atoms with Gasteiger partial charge in [0.15, 0.2) is 0 Å². The minimum atomic E-state index is -0.131. The van der Waals surface area contributed by atoms with E-state index in [1.54, 1.807) is 6.07 Å². The van der Waals surface area contributed by atoms with Gasteiger partial charge in [0.2, 0.25) is 0 Å². The lowest BCUT2D eigenvalue weighted by Gasteiger charge is -2.30. The first-order chi connectivity index (χ1) is 10.0. The van der Waals surface area contributed by atoms with E-state index in [0.29, 0.717) is 31.2 Å². The van der Waals surface area contributed by atoms with Crippen LogP contribution in [-0.4, -0.2) is 71.7 Å². The number of aryl methyl sites for hydroxylation is 1. The maximum absolute atomic E-state index is 12.8. The van der Waals surface area contributed by atoms with Crippen LogP contribution in [-0.2, 0) is 4.74 Å². The minimum Gasteiger partial charge on any atom is -0.505 e. The molecule has 2 atom stereocenters. The Hall–Kier alpha value is -1.66. The minimum absolute atomic E-state index is 0.0304. The zero-order valence-electron chi connectivity index (χ0n) is 12.5. The van der Waals surface area contributed by atoms with Crippen LogP contribution in [0.4, 0.5) is 0 Å². The highest BCUT2D eigenvalue weighted by molar-refractivity contribution is 5.97. The summed E-state index contributed by atoms with van der Waals surface area (Å²) in [6.45, 7) is 5.46. The van der Waals surface area contributed by atoms with Gasteiger partial charge < -0.3 is 19.6 Å². The van der Waals surface area contributed by atoms with Gasteiger partial charge in [-0.3, -0.25) is 9.78 Å². The molecule has 2 saturated heterocycles. The van der Waals surface area contributed by atoms with Crippen molar-refractivity contribution in [1.29, 1.82) is 0 Å². The SMILES string of the molecule is Cc1cc(C(=O)N2C[C@H]3COC[C@@H]2CN(C)C3)c(O)cn1. The fraction of sp³-hybridized carbons (Fsp3) is 0.600. The first kappa shape index (κ1) is 14.3. The summed E-state index contributed by atoms with van der Waals surface area (Å²) in [5.41, 5.74) is 1.06. The molecule has 0 spiro atoms. The maximum Gasteiger partial charge on any atom is 0.258 e. The molecular weight excluding hydrogens is 270 g/mol. The smallest absolute Gasteiger partial charge is 0.258 e. The van der Waals surface area contributed by atoms with Gasteiger partial charge in [-0.2, -0.15) is 0 Å². The zero-order valence-corrected chi connectivity index (χ0v) is 12.5. The highest BCUT2D eigenvalue weighted by atomic mass is 16.5. The Kier molecular flexibility index (Phi) is 3.82. The van der Waals surface area contributed by atoms with Gasteiger partial charge in [-0.05, 0) is 20.0 Å². The van der Waals surface area contributed by atoms with E-state index >= 15 is 0 Å². The molecule has 0 radical (unpaired) electrons. The molecule has 0 saturated carbocycles. The number of hydrogen-bond acceptors (Lipinski definition) is 5. The second-order valence-corrected chi connectivity index (χ2v) is 6.08. The zero-order chi connectivity index (χ0) is 15.0. The summed E-state index contributed by atoms with van der Waals surface area (Å²) in [7, 11) is 2.08. The molecule has 114 valence electrons. The highest BCUT2D eigenvalue weighted by Crippen LogP contribution is 2.24. The molecule has 21 heavy (non-hydrogen) atoms. The third-order valence-corrected chi connectivity index (χ3v) is 4.16. The number of hydrogen-bond donors (Lipinski definition) is 1. The molecule has 0 aromatic carbocycles. The van der Waals surface area contributed by atoms with Crippen LogP contribution in [0.2, 0.25) is 0 Å². The van der Waals surface area contributed by atoms with Crippen LogP contribution in [0.3, 0.4) is 0 Å². The summed E-state index contributed by atoms with van der Waals surface area (Å²) >= 11 is 0. The quantitative estimate of drug-likeness (QED) is 0.816. The number of aromatic hydroxyl groups is 1. The van der Waals surface area contributed by atoms with Crippen molar-refractivity contribution in [3.05, 3.63) is 23.5 Å². The number of aromatic nitrogens is 1. The topological polar surface area (TPSA) is 65.9 Å². The number of amides is 1. The van der Waals surface area contributed by atoms with Crippen LogP contribution < -0.4 is 0 Å². The van der Waals surface area contributed by atoms with E-state index in [9.17, 15) is 9.90 Å². The van der Waals surface area contributed by atoms with Gasteiger partial charge in [0, 0.05) is 31.2 Å². The van der Waals surface area contributed by atoms with E-state index in [1.807, 2.05) is 11.8 Å². The summed E-state index contributed by atoms with van der Waals surface area (Å²) in [6.07, 6.45) is 1.34. The largest absolute Gasteiger partial charge is 0.505 e. The van der Waals surface area contributed by atoms with Crippen LogP contribution >= 0.6 is 0 Å². The number of ether oxygens (including phenoxy) is 1. The summed E-state index contributed by atoms with van der Waals surface area (Å²) in [6, 6.07) is 1.68. The van der Waals surface area contributed by atoms with Crippen molar-refractivity contribution in [2.45, 2.75) is 13.0 Å². The number of rotatable bonds is 1. The van der Waals surface area contributed by atoms with Crippen LogP contribution in [0.15, 0.2) is 12.3 Å². The molecule has 3 rings (SSSR count). The van der Waals surface area contributed by atoms with Gasteiger partial charge in [0.25, 0.3) is 5.91 Å². The van der Waals surface area contributed by atoms with Crippen molar-refractivity contribution in [2.24, 2.45) is 5.92 Å². The van der Waals surface area contributed by atoms with Crippen molar-refractivity contribution in [1.82, 2.24) is 14.8 Å². The third kappa shape index (κ3) is 2.87. The Morgan fingerprint density at radius 1 is 1.38 bits per heavy atom. The van der Waals surface area contributed by atoms with Crippen LogP contribution in [0.25, 0.3) is 0 Å². The van der Waals surface area contributed by atoms with Crippen LogP contribution in [0.1, 0.15) is 16.1 Å². The lowest BCUT2D eigenvalue weighted by atomic mass is 10.1. The van der Waals surface area contributed by atoms with E-state index in [1.165, 1.54) is 6.20 Å². The number of likely N-dealkylation sites (N-methyl/N-ethyl adjacent to an activating group) is 1. The highest BCUT2D eigenvalue weighted by Gasteiger charge is 2.35. The molecule has 2 aliphatic rings. The van der Waals surface area contributed by atoms with Crippen molar-refractivity contribution in [2.75, 3.05) is 39.9 Å². The van der Waals surface area contributed by atoms with Crippen LogP contribution in [0, 0.1) is 12.8 Å². The molecule has 3 heterocycles. The second-order valence-electron chi connectivity index (χ2n) is 6.08. The van der Waals surface area contributed by atoms with E-state index in [0.717, 1.165) is 18.8 Å². The van der Waals surface area contributed by atoms with Gasteiger partial charge in [0.05, 0.1) is 31.0 Å². The Balaban J connectivity index is 1.91. The van der Waals surface area contributed by atoms with Crippen molar-refractivity contribution in [3.63, 3.8) is 0 Å². The summed E-state index contributed by atoms with van der Waals surface area (Å²) < 4.78 is 5.68. The molecule has 2 bridgehead atoms. The molecule has 6 nitrogen and oxygen atoms in total. The first-order valence-corrected chi connectivity index (χ1v) is 7.27. The third-order valence-electron chi connectivity index (χ3n) is 4.16. The number of carbonyl (C=O) groups is 1. The number of nitrogens with zero attached hydrogens (tertiary/aromatic N) is 3. The first-order valence-electron chi connectivity index (χ1n) is 7.27. The Bertz CT molecular complexity index is 549. The average Bonchev–Trinajstić information content (AvgIpc) is 2.71. The van der Waals surface area contributed by atoms with Crippen molar-refractivity contribution in [3.8, 4) is 5.75 Å². The second kappa shape index (κ2) is 5.61. The van der Waals surface area contributed by atoms with Gasteiger partial charge in [-0.25, -0.2) is 0 Å². The molecule has 2 aliphatic heterocycles. The number of carbonyl (C=O) groups excluding carboxylic acids is 1. The Morgan fingerprint density at radius 3 is 3.00 bits per heavy atom. The predicted molar refractivity (Wildman–Crippen MR) is 77.3 cm³/mol. The lowest BCUT2D eigenvalue weighted by molar-refractivity contribution is 0.0482. The molecule has 2 fully saturated rings. The summed E-state index contributed by atoms with van der Waals surface area (Å²) in [5, 5.41) is 9.95. The van der Waals surface area contributed by atoms with Gasteiger partial charge in [0.1, 0.15) is 5.75 Å². The number of fused-ring (bicyclic) bond motifs is 3. The maximum atomic E-state index is 12.8. The normalized spacial score (nSPS) is 26.5. The molecule has 6 heteroatoms. The lowest BCUT2D eigenvalue weighted by Crippen LogP contribution is -2.46. The summed E-state index contributed by atoms with van der Waals surface area (Å²) in [4.78, 5) is 21.0. The van der Waals surface area contributed by atoms with Gasteiger partial charge in [-0.1, -0.05) is 0 Å². The molecule has 0 unspecified atom stereocenters. The van der Waals surface area contributed by atoms with Gasteiger partial charge in [-0.15, -0.1) is 0 Å². The van der Waals surface area contributed by atoms with E-state index in [-0.39, 0.29) is 17.7 Å². The molecule has 1 aromatic heterocycles. The Labute approximate surface area is 124 Å². The average molecular weight is 291 g/mol. The van der Waals surface area contributed by atoms with Crippen LogP contribution in [0.5, 0.6) is 5.75 Å². The van der Waals surface area contributed by atoms with E-state index in [2.05, 4.69) is 16.9 Å². The fourth-order valence-corrected chi connectivity index (χ4v) is 3.20.